The highest BCUT2D eigenvalue weighted by atomic mass is 16.8. The average molecular weight is 673 g/mol. The van der Waals surface area contributed by atoms with Crippen molar-refractivity contribution in [2.24, 2.45) is 0 Å². The molecule has 0 aromatic rings. The van der Waals surface area contributed by atoms with Crippen molar-refractivity contribution in [2.45, 2.75) is 163 Å². The molecule has 272 valence electrons. The molecule has 0 spiro atoms. The predicted octanol–water partition coefficient (Wildman–Crippen LogP) is -2.63. The fourth-order valence-electron chi connectivity index (χ4n) is 5.97. The van der Waals surface area contributed by atoms with Crippen LogP contribution in [0.15, 0.2) is 0 Å². The SMILES string of the molecule is CCCCCCCCCCCCO[C@@H]1O[C@H](CO)[C@@H](O[C@@H]2O[C@H](CO)[C@@H](O[C@@H]3O[C@H](CO)[C@@H](O)[C@H](O)[C@H]3O)[C@H](O)[C@H]2O)[C@H](O)[C@H]1O. The van der Waals surface area contributed by atoms with E-state index in [0.29, 0.717) is 0 Å². The van der Waals surface area contributed by atoms with E-state index in [4.69, 9.17) is 28.4 Å². The second-order valence-electron chi connectivity index (χ2n) is 12.4. The van der Waals surface area contributed by atoms with E-state index >= 15 is 0 Å². The minimum Gasteiger partial charge on any atom is -0.394 e. The number of aliphatic hydroxyl groups is 10. The van der Waals surface area contributed by atoms with E-state index in [-0.39, 0.29) is 6.61 Å². The van der Waals surface area contributed by atoms with E-state index in [1.54, 1.807) is 0 Å². The number of hydrogen-bond donors (Lipinski definition) is 10. The van der Waals surface area contributed by atoms with Crippen molar-refractivity contribution in [3.63, 3.8) is 0 Å². The van der Waals surface area contributed by atoms with Gasteiger partial charge in [-0.25, -0.2) is 0 Å². The summed E-state index contributed by atoms with van der Waals surface area (Å²) in [4.78, 5) is 0. The molecule has 0 aliphatic carbocycles. The van der Waals surface area contributed by atoms with Crippen molar-refractivity contribution in [2.75, 3.05) is 26.4 Å². The third-order valence-electron chi connectivity index (χ3n) is 8.85. The molecule has 3 fully saturated rings. The molecule has 3 rings (SSSR count). The normalized spacial score (nSPS) is 41.9. The Hall–Kier alpha value is -0.640. The monoisotopic (exact) mass is 672 g/mol. The molecule has 3 aliphatic heterocycles. The van der Waals surface area contributed by atoms with Crippen LogP contribution in [0, 0.1) is 0 Å². The molecule has 3 aliphatic rings. The van der Waals surface area contributed by atoms with Gasteiger partial charge >= 0.3 is 0 Å². The van der Waals surface area contributed by atoms with E-state index < -0.39 is 112 Å². The third-order valence-corrected chi connectivity index (χ3v) is 8.85. The highest BCUT2D eigenvalue weighted by Gasteiger charge is 2.53. The molecule has 0 amide bonds. The molecule has 0 bridgehead atoms. The summed E-state index contributed by atoms with van der Waals surface area (Å²) in [5, 5.41) is 103. The summed E-state index contributed by atoms with van der Waals surface area (Å²) in [7, 11) is 0. The van der Waals surface area contributed by atoms with Crippen LogP contribution in [0.25, 0.3) is 0 Å². The lowest BCUT2D eigenvalue weighted by molar-refractivity contribution is -0.379. The van der Waals surface area contributed by atoms with Gasteiger partial charge in [0.1, 0.15) is 73.2 Å². The molecule has 0 unspecified atom stereocenters. The molecule has 3 saturated heterocycles. The fraction of sp³-hybridized carbons (Fsp3) is 1.00. The van der Waals surface area contributed by atoms with Crippen molar-refractivity contribution in [1.29, 1.82) is 0 Å². The molecule has 15 atom stereocenters. The number of rotatable bonds is 19. The zero-order valence-electron chi connectivity index (χ0n) is 26.5. The molecule has 0 radical (unpaired) electrons. The average Bonchev–Trinajstić information content (AvgIpc) is 3.06. The van der Waals surface area contributed by atoms with Crippen LogP contribution in [-0.2, 0) is 28.4 Å². The Bertz CT molecular complexity index is 820. The summed E-state index contributed by atoms with van der Waals surface area (Å²) < 4.78 is 33.4. The maximum Gasteiger partial charge on any atom is 0.187 e. The summed E-state index contributed by atoms with van der Waals surface area (Å²) in [5.41, 5.74) is 0. The van der Waals surface area contributed by atoms with Crippen molar-refractivity contribution < 1.29 is 79.5 Å². The first-order chi connectivity index (χ1) is 22.1. The lowest BCUT2D eigenvalue weighted by Crippen LogP contribution is -2.66. The van der Waals surface area contributed by atoms with Gasteiger partial charge in [0.15, 0.2) is 18.9 Å². The Balaban J connectivity index is 1.50. The van der Waals surface area contributed by atoms with Crippen LogP contribution in [0.5, 0.6) is 0 Å². The second-order valence-corrected chi connectivity index (χ2v) is 12.4. The third kappa shape index (κ3) is 10.4. The quantitative estimate of drug-likeness (QED) is 0.0630. The van der Waals surface area contributed by atoms with Crippen LogP contribution in [-0.4, -0.2) is 170 Å². The van der Waals surface area contributed by atoms with E-state index in [9.17, 15) is 51.1 Å². The van der Waals surface area contributed by atoms with E-state index in [0.717, 1.165) is 25.7 Å². The van der Waals surface area contributed by atoms with Crippen LogP contribution in [0.2, 0.25) is 0 Å². The number of unbranched alkanes of at least 4 members (excludes halogenated alkanes) is 9. The number of hydrogen-bond acceptors (Lipinski definition) is 16. The Kier molecular flexibility index (Phi) is 17.4. The molecule has 10 N–H and O–H groups in total. The Labute approximate surface area is 269 Å². The van der Waals surface area contributed by atoms with Crippen LogP contribution < -0.4 is 0 Å². The smallest absolute Gasteiger partial charge is 0.187 e. The molecule has 16 heteroatoms. The molecule has 0 aromatic carbocycles. The zero-order chi connectivity index (χ0) is 33.8. The van der Waals surface area contributed by atoms with Crippen molar-refractivity contribution in [1.82, 2.24) is 0 Å². The number of aliphatic hydroxyl groups excluding tert-OH is 10. The summed E-state index contributed by atoms with van der Waals surface area (Å²) in [5.74, 6) is 0. The highest BCUT2D eigenvalue weighted by Crippen LogP contribution is 2.32. The Morgan fingerprint density at radius 3 is 1.30 bits per heavy atom. The topological polar surface area (TPSA) is 258 Å². The molecular weight excluding hydrogens is 616 g/mol. The van der Waals surface area contributed by atoms with Gasteiger partial charge in [-0.15, -0.1) is 0 Å². The van der Waals surface area contributed by atoms with Crippen molar-refractivity contribution in [3.05, 3.63) is 0 Å². The molecular formula is C30H56O16. The van der Waals surface area contributed by atoms with Gasteiger partial charge in [-0.1, -0.05) is 64.7 Å². The van der Waals surface area contributed by atoms with Crippen molar-refractivity contribution in [3.8, 4) is 0 Å². The molecule has 0 aromatic heterocycles. The highest BCUT2D eigenvalue weighted by molar-refractivity contribution is 4.96. The van der Waals surface area contributed by atoms with Crippen LogP contribution >= 0.6 is 0 Å². The van der Waals surface area contributed by atoms with Crippen LogP contribution in [0.1, 0.15) is 71.1 Å². The fourth-order valence-corrected chi connectivity index (χ4v) is 5.97. The Morgan fingerprint density at radius 1 is 0.435 bits per heavy atom. The van der Waals surface area contributed by atoms with Gasteiger partial charge in [-0.3, -0.25) is 0 Å². The lowest BCUT2D eigenvalue weighted by Gasteiger charge is -2.48. The van der Waals surface area contributed by atoms with Crippen LogP contribution in [0.4, 0.5) is 0 Å². The van der Waals surface area contributed by atoms with Gasteiger partial charge in [0.05, 0.1) is 19.8 Å². The largest absolute Gasteiger partial charge is 0.394 e. The van der Waals surface area contributed by atoms with E-state index in [2.05, 4.69) is 6.92 Å². The zero-order valence-corrected chi connectivity index (χ0v) is 26.5. The molecule has 0 saturated carbocycles. The lowest BCUT2D eigenvalue weighted by atomic mass is 9.96. The van der Waals surface area contributed by atoms with Crippen LogP contribution in [0.3, 0.4) is 0 Å². The summed E-state index contributed by atoms with van der Waals surface area (Å²) in [6.45, 7) is 0.270. The van der Waals surface area contributed by atoms with Crippen molar-refractivity contribution >= 4 is 0 Å². The molecule has 16 nitrogen and oxygen atoms in total. The summed E-state index contributed by atoms with van der Waals surface area (Å²) >= 11 is 0. The predicted molar refractivity (Wildman–Crippen MR) is 157 cm³/mol. The first-order valence-corrected chi connectivity index (χ1v) is 16.6. The van der Waals surface area contributed by atoms with Gasteiger partial charge < -0.3 is 79.5 Å². The summed E-state index contributed by atoms with van der Waals surface area (Å²) in [6, 6.07) is 0. The first kappa shape index (κ1) is 39.8. The van der Waals surface area contributed by atoms with Gasteiger partial charge in [0.25, 0.3) is 0 Å². The Morgan fingerprint density at radius 2 is 0.826 bits per heavy atom. The first-order valence-electron chi connectivity index (χ1n) is 16.6. The number of ether oxygens (including phenoxy) is 6. The molecule has 3 heterocycles. The van der Waals surface area contributed by atoms with E-state index in [1.165, 1.54) is 38.5 Å². The van der Waals surface area contributed by atoms with E-state index in [1.807, 2.05) is 0 Å². The minimum atomic E-state index is -1.88. The standard InChI is InChI=1S/C30H56O16/c1-2-3-4-5-6-7-8-9-10-11-12-41-28-24(39)21(36)26(17(14-32)43-28)46-30-25(40)22(37)27(18(15-33)44-30)45-29-23(38)20(35)19(34)16(13-31)42-29/h16-40H,2-15H2,1H3/t16-,17-,18-,19-,20+,21-,22-,23-,24-,25-,26-,27-,28-,29+,30+/m1/s1. The maximum atomic E-state index is 10.9. The maximum absolute atomic E-state index is 10.9. The van der Waals surface area contributed by atoms with Gasteiger partial charge in [-0.05, 0) is 6.42 Å². The second kappa shape index (κ2) is 20.1. The van der Waals surface area contributed by atoms with Gasteiger partial charge in [0.2, 0.25) is 0 Å². The summed E-state index contributed by atoms with van der Waals surface area (Å²) in [6.07, 6.45) is -12.5. The molecule has 46 heavy (non-hydrogen) atoms. The van der Waals surface area contributed by atoms with Gasteiger partial charge in [0, 0.05) is 6.61 Å². The van der Waals surface area contributed by atoms with Gasteiger partial charge in [-0.2, -0.15) is 0 Å². The minimum absolute atomic E-state index is 0.263.